The molecule has 0 unspecified atom stereocenters. The number of aromatic nitrogens is 1. The number of hydrogen-bond donors (Lipinski definition) is 2. The summed E-state index contributed by atoms with van der Waals surface area (Å²) in [4.78, 5) is 26.5. The molecule has 0 aliphatic carbocycles. The molecule has 0 aliphatic rings. The summed E-state index contributed by atoms with van der Waals surface area (Å²) in [5.41, 5.74) is 0.246. The van der Waals surface area contributed by atoms with Crippen molar-refractivity contribution >= 4 is 40.8 Å². The lowest BCUT2D eigenvalue weighted by atomic mass is 10.2. The van der Waals surface area contributed by atoms with E-state index in [4.69, 9.17) is 28.3 Å². The molecule has 1 heterocycles. The molecule has 2 aromatic rings. The van der Waals surface area contributed by atoms with Crippen LogP contribution >= 0.6 is 23.2 Å². The Morgan fingerprint density at radius 3 is 2.40 bits per heavy atom. The van der Waals surface area contributed by atoms with Crippen LogP contribution in [0.25, 0.3) is 0 Å². The maximum Gasteiger partial charge on any atom is 0.354 e. The molecule has 0 saturated carbocycles. The van der Waals surface area contributed by atoms with Crippen molar-refractivity contribution < 1.29 is 14.7 Å². The molecule has 7 heteroatoms. The lowest BCUT2D eigenvalue weighted by Crippen LogP contribution is -2.14. The number of carboxylic acid groups (broad SMARTS) is 1. The minimum Gasteiger partial charge on any atom is -0.477 e. The van der Waals surface area contributed by atoms with Gasteiger partial charge >= 0.3 is 5.97 Å². The second-order valence-electron chi connectivity index (χ2n) is 3.79. The summed E-state index contributed by atoms with van der Waals surface area (Å²) in [6, 6.07) is 7.41. The van der Waals surface area contributed by atoms with Crippen LogP contribution in [0.2, 0.25) is 10.0 Å². The summed E-state index contributed by atoms with van der Waals surface area (Å²) in [6.07, 6.45) is 1.28. The van der Waals surface area contributed by atoms with Gasteiger partial charge < -0.3 is 10.4 Å². The molecule has 1 aromatic heterocycles. The highest BCUT2D eigenvalue weighted by Crippen LogP contribution is 2.25. The van der Waals surface area contributed by atoms with E-state index in [1.165, 1.54) is 30.5 Å². The van der Waals surface area contributed by atoms with Gasteiger partial charge in [-0.25, -0.2) is 9.78 Å². The summed E-state index contributed by atoms with van der Waals surface area (Å²) in [5.74, 6) is -1.71. The van der Waals surface area contributed by atoms with Crippen molar-refractivity contribution in [2.45, 2.75) is 0 Å². The van der Waals surface area contributed by atoms with Crippen molar-refractivity contribution in [3.63, 3.8) is 0 Å². The first-order valence-corrected chi connectivity index (χ1v) is 6.19. The van der Waals surface area contributed by atoms with Gasteiger partial charge in [-0.15, -0.1) is 0 Å². The van der Waals surface area contributed by atoms with Gasteiger partial charge in [-0.2, -0.15) is 0 Å². The number of halogens is 2. The molecule has 1 aromatic carbocycles. The fourth-order valence-electron chi connectivity index (χ4n) is 1.53. The highest BCUT2D eigenvalue weighted by Gasteiger charge is 2.15. The maximum absolute atomic E-state index is 12.1. The van der Waals surface area contributed by atoms with E-state index in [-0.39, 0.29) is 21.3 Å². The van der Waals surface area contributed by atoms with Gasteiger partial charge in [0.05, 0.1) is 15.6 Å². The number of benzene rings is 1. The summed E-state index contributed by atoms with van der Waals surface area (Å²) >= 11 is 11.8. The second kappa shape index (κ2) is 5.90. The number of nitrogens with one attached hydrogen (secondary N) is 1. The van der Waals surface area contributed by atoms with Crippen molar-refractivity contribution in [2.24, 2.45) is 0 Å². The fraction of sp³-hybridized carbons (Fsp3) is 0. The van der Waals surface area contributed by atoms with Crippen LogP contribution in [0, 0.1) is 0 Å². The highest BCUT2D eigenvalue weighted by molar-refractivity contribution is 6.40. The number of aromatic carboxylic acids is 1. The molecule has 102 valence electrons. The first-order chi connectivity index (χ1) is 9.49. The smallest absolute Gasteiger partial charge is 0.354 e. The molecule has 2 N–H and O–H groups in total. The largest absolute Gasteiger partial charge is 0.477 e. The van der Waals surface area contributed by atoms with Crippen molar-refractivity contribution in [1.29, 1.82) is 0 Å². The zero-order valence-electron chi connectivity index (χ0n) is 9.93. The number of hydrogen-bond acceptors (Lipinski definition) is 3. The first-order valence-electron chi connectivity index (χ1n) is 5.44. The number of pyridine rings is 1. The van der Waals surface area contributed by atoms with Crippen molar-refractivity contribution in [2.75, 3.05) is 5.32 Å². The van der Waals surface area contributed by atoms with E-state index in [1.54, 1.807) is 6.07 Å². The van der Waals surface area contributed by atoms with Gasteiger partial charge in [0.2, 0.25) is 0 Å². The Kier molecular flexibility index (Phi) is 4.22. The van der Waals surface area contributed by atoms with Gasteiger partial charge in [-0.3, -0.25) is 4.79 Å². The fourth-order valence-corrected chi connectivity index (χ4v) is 2.10. The van der Waals surface area contributed by atoms with E-state index in [9.17, 15) is 9.59 Å². The van der Waals surface area contributed by atoms with E-state index in [1.807, 2.05) is 0 Å². The third kappa shape index (κ3) is 3.07. The molecule has 0 fully saturated rings. The molecule has 5 nitrogen and oxygen atoms in total. The number of carboxylic acids is 1. The van der Waals surface area contributed by atoms with Crippen LogP contribution in [-0.2, 0) is 0 Å². The maximum atomic E-state index is 12.1. The zero-order chi connectivity index (χ0) is 14.7. The number of carbonyl (C=O) groups excluding carboxylic acids is 1. The quantitative estimate of drug-likeness (QED) is 0.911. The van der Waals surface area contributed by atoms with E-state index in [0.29, 0.717) is 5.69 Å². The Hall–Kier alpha value is -2.11. The Morgan fingerprint density at radius 2 is 1.80 bits per heavy atom. The number of nitrogens with zero attached hydrogens (tertiary/aromatic N) is 1. The normalized spacial score (nSPS) is 10.1. The topological polar surface area (TPSA) is 79.3 Å². The van der Waals surface area contributed by atoms with Gasteiger partial charge in [0.15, 0.2) is 0 Å². The molecule has 0 spiro atoms. The highest BCUT2D eigenvalue weighted by atomic mass is 35.5. The van der Waals surface area contributed by atoms with E-state index >= 15 is 0 Å². The van der Waals surface area contributed by atoms with Gasteiger partial charge in [0.1, 0.15) is 5.69 Å². The van der Waals surface area contributed by atoms with Crippen molar-refractivity contribution in [1.82, 2.24) is 4.98 Å². The van der Waals surface area contributed by atoms with Crippen LogP contribution in [0.1, 0.15) is 20.8 Å². The molecular weight excluding hydrogens is 303 g/mol. The first kappa shape index (κ1) is 14.3. The van der Waals surface area contributed by atoms with Crippen molar-refractivity contribution in [3.8, 4) is 0 Å². The van der Waals surface area contributed by atoms with Gasteiger partial charge in [0, 0.05) is 11.9 Å². The molecule has 1 amide bonds. The minimum absolute atomic E-state index is 0.129. The minimum atomic E-state index is -1.18. The van der Waals surface area contributed by atoms with Gasteiger partial charge in [-0.05, 0) is 24.3 Å². The van der Waals surface area contributed by atoms with E-state index in [0.717, 1.165) is 0 Å². The molecule has 2 rings (SSSR count). The Labute approximate surface area is 124 Å². The molecule has 0 bridgehead atoms. The number of carbonyl (C=O) groups is 2. The van der Waals surface area contributed by atoms with Crippen LogP contribution < -0.4 is 5.32 Å². The number of anilines is 1. The van der Waals surface area contributed by atoms with Gasteiger partial charge in [0.25, 0.3) is 5.91 Å². The number of rotatable bonds is 3. The van der Waals surface area contributed by atoms with E-state index in [2.05, 4.69) is 10.3 Å². The lowest BCUT2D eigenvalue weighted by molar-refractivity contribution is 0.0690. The molecule has 0 atom stereocenters. The molecular formula is C13H8Cl2N2O3. The van der Waals surface area contributed by atoms with Crippen LogP contribution in [0.5, 0.6) is 0 Å². The van der Waals surface area contributed by atoms with Crippen LogP contribution in [0.3, 0.4) is 0 Å². The Bertz CT molecular complexity index is 669. The van der Waals surface area contributed by atoms with E-state index < -0.39 is 11.9 Å². The summed E-state index contributed by atoms with van der Waals surface area (Å²) in [6.45, 7) is 0. The second-order valence-corrected chi connectivity index (χ2v) is 4.60. The monoisotopic (exact) mass is 310 g/mol. The summed E-state index contributed by atoms with van der Waals surface area (Å²) in [7, 11) is 0. The number of amides is 1. The standard InChI is InChI=1S/C13H8Cl2N2O3/c14-8-2-1-3-9(15)11(8)12(18)17-7-4-5-16-10(6-7)13(19)20/h1-6H,(H,19,20)(H,16,17,18). The summed E-state index contributed by atoms with van der Waals surface area (Å²) in [5, 5.41) is 11.8. The third-order valence-electron chi connectivity index (χ3n) is 2.43. The lowest BCUT2D eigenvalue weighted by Gasteiger charge is -2.08. The Morgan fingerprint density at radius 1 is 1.15 bits per heavy atom. The van der Waals surface area contributed by atoms with Gasteiger partial charge in [-0.1, -0.05) is 29.3 Å². The van der Waals surface area contributed by atoms with Crippen LogP contribution in [0.4, 0.5) is 5.69 Å². The Balaban J connectivity index is 2.28. The molecule has 0 saturated heterocycles. The summed E-state index contributed by atoms with van der Waals surface area (Å²) < 4.78 is 0. The molecule has 20 heavy (non-hydrogen) atoms. The average Bonchev–Trinajstić information content (AvgIpc) is 2.38. The van der Waals surface area contributed by atoms with Crippen molar-refractivity contribution in [3.05, 3.63) is 57.8 Å². The molecule has 0 aliphatic heterocycles. The average molecular weight is 311 g/mol. The SMILES string of the molecule is O=C(O)c1cc(NC(=O)c2c(Cl)cccc2Cl)ccn1. The molecule has 0 radical (unpaired) electrons. The predicted molar refractivity (Wildman–Crippen MR) is 75.6 cm³/mol. The zero-order valence-corrected chi connectivity index (χ0v) is 11.4. The third-order valence-corrected chi connectivity index (χ3v) is 3.06. The van der Waals surface area contributed by atoms with Crippen LogP contribution in [0.15, 0.2) is 36.5 Å². The predicted octanol–water partition coefficient (Wildman–Crippen LogP) is 3.34. The van der Waals surface area contributed by atoms with Crippen LogP contribution in [-0.4, -0.2) is 22.0 Å².